The van der Waals surface area contributed by atoms with Crippen molar-refractivity contribution in [2.75, 3.05) is 7.05 Å². The van der Waals surface area contributed by atoms with Crippen LogP contribution in [0.15, 0.2) is 0 Å². The predicted molar refractivity (Wildman–Crippen MR) is 48.6 cm³/mol. The minimum atomic E-state index is 0.0532. The number of nitrogens with two attached hydrogens (primary N) is 1. The maximum absolute atomic E-state index is 11.3. The van der Waals surface area contributed by atoms with Crippen molar-refractivity contribution in [2.45, 2.75) is 38.1 Å². The van der Waals surface area contributed by atoms with Crippen LogP contribution in [0.3, 0.4) is 0 Å². The van der Waals surface area contributed by atoms with Crippen LogP contribution < -0.4 is 11.1 Å². The van der Waals surface area contributed by atoms with Crippen molar-refractivity contribution in [3.8, 4) is 0 Å². The Morgan fingerprint density at radius 2 is 2.00 bits per heavy atom. The van der Waals surface area contributed by atoms with E-state index in [0.29, 0.717) is 0 Å². The summed E-state index contributed by atoms with van der Waals surface area (Å²) in [7, 11) is 1.68. The molecule has 1 aliphatic carbocycles. The Labute approximate surface area is 73.7 Å². The SMILES string of the molecule is CNC(=O)C1CCCCCC1N. The van der Waals surface area contributed by atoms with Crippen molar-refractivity contribution < 1.29 is 4.79 Å². The van der Waals surface area contributed by atoms with Crippen molar-refractivity contribution in [3.05, 3.63) is 0 Å². The lowest BCUT2D eigenvalue weighted by molar-refractivity contribution is -0.125. The van der Waals surface area contributed by atoms with Gasteiger partial charge in [0, 0.05) is 13.1 Å². The zero-order valence-electron chi connectivity index (χ0n) is 7.68. The average Bonchev–Trinajstić information content (AvgIpc) is 2.28. The molecule has 1 aliphatic rings. The number of rotatable bonds is 1. The van der Waals surface area contributed by atoms with E-state index in [0.717, 1.165) is 19.3 Å². The lowest BCUT2D eigenvalue weighted by Gasteiger charge is -2.18. The summed E-state index contributed by atoms with van der Waals surface area (Å²) in [6.07, 6.45) is 5.50. The molecule has 70 valence electrons. The minimum Gasteiger partial charge on any atom is -0.359 e. The van der Waals surface area contributed by atoms with Crippen molar-refractivity contribution in [1.82, 2.24) is 5.32 Å². The van der Waals surface area contributed by atoms with Crippen molar-refractivity contribution >= 4 is 5.91 Å². The zero-order valence-corrected chi connectivity index (χ0v) is 7.68. The van der Waals surface area contributed by atoms with Crippen molar-refractivity contribution in [2.24, 2.45) is 11.7 Å². The molecule has 0 bridgehead atoms. The first-order chi connectivity index (χ1) is 5.75. The molecule has 0 aromatic rings. The van der Waals surface area contributed by atoms with Crippen molar-refractivity contribution in [1.29, 1.82) is 0 Å². The van der Waals surface area contributed by atoms with Gasteiger partial charge in [0.15, 0.2) is 0 Å². The fraction of sp³-hybridized carbons (Fsp3) is 0.889. The molecule has 0 spiro atoms. The third-order valence-electron chi connectivity index (χ3n) is 2.65. The van der Waals surface area contributed by atoms with E-state index >= 15 is 0 Å². The monoisotopic (exact) mass is 170 g/mol. The standard InChI is InChI=1S/C9H18N2O/c1-11-9(12)7-5-3-2-4-6-8(7)10/h7-8H,2-6,10H2,1H3,(H,11,12). The van der Waals surface area contributed by atoms with E-state index in [4.69, 9.17) is 5.73 Å². The molecule has 3 N–H and O–H groups in total. The van der Waals surface area contributed by atoms with Gasteiger partial charge in [-0.2, -0.15) is 0 Å². The summed E-state index contributed by atoms with van der Waals surface area (Å²) in [5, 5.41) is 2.67. The second kappa shape index (κ2) is 4.45. The third-order valence-corrected chi connectivity index (χ3v) is 2.65. The first-order valence-corrected chi connectivity index (χ1v) is 4.73. The molecule has 1 fully saturated rings. The molecule has 0 saturated heterocycles. The van der Waals surface area contributed by atoms with E-state index in [1.165, 1.54) is 12.8 Å². The molecule has 0 radical (unpaired) electrons. The fourth-order valence-corrected chi connectivity index (χ4v) is 1.85. The Bertz CT molecular complexity index is 159. The molecule has 3 heteroatoms. The van der Waals surface area contributed by atoms with Gasteiger partial charge in [-0.25, -0.2) is 0 Å². The predicted octanol–water partition coefficient (Wildman–Crippen LogP) is 0.640. The highest BCUT2D eigenvalue weighted by Crippen LogP contribution is 2.21. The normalized spacial score (nSPS) is 30.8. The Hall–Kier alpha value is -0.570. The Balaban J connectivity index is 2.52. The first kappa shape index (κ1) is 9.52. The van der Waals surface area contributed by atoms with E-state index in [1.807, 2.05) is 0 Å². The molecule has 3 nitrogen and oxygen atoms in total. The summed E-state index contributed by atoms with van der Waals surface area (Å²) in [5.74, 6) is 0.168. The highest BCUT2D eigenvalue weighted by atomic mass is 16.1. The van der Waals surface area contributed by atoms with Crippen molar-refractivity contribution in [3.63, 3.8) is 0 Å². The van der Waals surface area contributed by atoms with Gasteiger partial charge >= 0.3 is 0 Å². The second-order valence-electron chi connectivity index (χ2n) is 3.52. The first-order valence-electron chi connectivity index (χ1n) is 4.73. The molecule has 1 rings (SSSR count). The lowest BCUT2D eigenvalue weighted by Crippen LogP contribution is -2.39. The van der Waals surface area contributed by atoms with E-state index in [1.54, 1.807) is 7.05 Å². The summed E-state index contributed by atoms with van der Waals surface area (Å²) in [6, 6.07) is 0.0763. The van der Waals surface area contributed by atoms with E-state index in [-0.39, 0.29) is 17.9 Å². The van der Waals surface area contributed by atoms with Crippen LogP contribution in [0.4, 0.5) is 0 Å². The molecular weight excluding hydrogens is 152 g/mol. The van der Waals surface area contributed by atoms with Crippen LogP contribution in [0, 0.1) is 5.92 Å². The molecule has 2 atom stereocenters. The Morgan fingerprint density at radius 3 is 2.67 bits per heavy atom. The van der Waals surface area contributed by atoms with Gasteiger partial charge in [0.1, 0.15) is 0 Å². The second-order valence-corrected chi connectivity index (χ2v) is 3.52. The zero-order chi connectivity index (χ0) is 8.97. The quantitative estimate of drug-likeness (QED) is 0.567. The highest BCUT2D eigenvalue weighted by molar-refractivity contribution is 5.79. The number of nitrogens with one attached hydrogen (secondary N) is 1. The molecule has 1 amide bonds. The number of hydrogen-bond donors (Lipinski definition) is 2. The smallest absolute Gasteiger partial charge is 0.224 e. The largest absolute Gasteiger partial charge is 0.359 e. The maximum atomic E-state index is 11.3. The van der Waals surface area contributed by atoms with Crippen LogP contribution >= 0.6 is 0 Å². The summed E-state index contributed by atoms with van der Waals surface area (Å²) in [6.45, 7) is 0. The van der Waals surface area contributed by atoms with Crippen LogP contribution in [0.5, 0.6) is 0 Å². The lowest BCUT2D eigenvalue weighted by atomic mass is 9.95. The van der Waals surface area contributed by atoms with Gasteiger partial charge in [0.25, 0.3) is 0 Å². The number of hydrogen-bond acceptors (Lipinski definition) is 2. The molecule has 2 unspecified atom stereocenters. The Kier molecular flexibility index (Phi) is 3.53. The highest BCUT2D eigenvalue weighted by Gasteiger charge is 2.25. The minimum absolute atomic E-state index is 0.0532. The topological polar surface area (TPSA) is 55.1 Å². The maximum Gasteiger partial charge on any atom is 0.224 e. The summed E-state index contributed by atoms with van der Waals surface area (Å²) >= 11 is 0. The third kappa shape index (κ3) is 2.21. The van der Waals surface area contributed by atoms with Crippen LogP contribution in [-0.2, 0) is 4.79 Å². The molecule has 0 aliphatic heterocycles. The van der Waals surface area contributed by atoms with Gasteiger partial charge in [-0.3, -0.25) is 4.79 Å². The number of carbonyl (C=O) groups is 1. The number of carbonyl (C=O) groups excluding carboxylic acids is 1. The number of amides is 1. The van der Waals surface area contributed by atoms with Crippen LogP contribution in [-0.4, -0.2) is 19.0 Å². The van der Waals surface area contributed by atoms with Crippen LogP contribution in [0.25, 0.3) is 0 Å². The molecular formula is C9H18N2O. The molecule has 12 heavy (non-hydrogen) atoms. The Morgan fingerprint density at radius 1 is 1.33 bits per heavy atom. The molecule has 0 heterocycles. The molecule has 0 aromatic heterocycles. The van der Waals surface area contributed by atoms with Gasteiger partial charge in [0.2, 0.25) is 5.91 Å². The summed E-state index contributed by atoms with van der Waals surface area (Å²) in [5.41, 5.74) is 5.89. The van der Waals surface area contributed by atoms with E-state index < -0.39 is 0 Å². The summed E-state index contributed by atoms with van der Waals surface area (Å²) in [4.78, 5) is 11.3. The molecule has 1 saturated carbocycles. The van der Waals surface area contributed by atoms with Gasteiger partial charge in [-0.05, 0) is 12.8 Å². The van der Waals surface area contributed by atoms with Crippen LogP contribution in [0.2, 0.25) is 0 Å². The average molecular weight is 170 g/mol. The van der Waals surface area contributed by atoms with Crippen LogP contribution in [0.1, 0.15) is 32.1 Å². The van der Waals surface area contributed by atoms with Gasteiger partial charge in [0.05, 0.1) is 5.92 Å². The van der Waals surface area contributed by atoms with Gasteiger partial charge in [-0.1, -0.05) is 19.3 Å². The van der Waals surface area contributed by atoms with E-state index in [9.17, 15) is 4.79 Å². The summed E-state index contributed by atoms with van der Waals surface area (Å²) < 4.78 is 0. The van der Waals surface area contributed by atoms with E-state index in [2.05, 4.69) is 5.32 Å². The fourth-order valence-electron chi connectivity index (χ4n) is 1.85. The van der Waals surface area contributed by atoms with Gasteiger partial charge in [-0.15, -0.1) is 0 Å². The molecule has 0 aromatic carbocycles. The van der Waals surface area contributed by atoms with Gasteiger partial charge < -0.3 is 11.1 Å².